The van der Waals surface area contributed by atoms with Crippen molar-refractivity contribution >= 4 is 5.82 Å². The third kappa shape index (κ3) is 3.57. The number of hydrogen-bond donors (Lipinski definition) is 1. The Morgan fingerprint density at radius 3 is 2.76 bits per heavy atom. The van der Waals surface area contributed by atoms with Gasteiger partial charge in [0, 0.05) is 12.1 Å². The van der Waals surface area contributed by atoms with Crippen molar-refractivity contribution in [2.45, 2.75) is 53.2 Å². The van der Waals surface area contributed by atoms with Gasteiger partial charge in [-0.1, -0.05) is 25.5 Å². The van der Waals surface area contributed by atoms with Crippen LogP contribution in [0.25, 0.3) is 11.3 Å². The number of anilines is 1. The fourth-order valence-electron chi connectivity index (χ4n) is 2.38. The Bertz CT molecular complexity index is 602. The fourth-order valence-corrected chi connectivity index (χ4v) is 2.38. The van der Waals surface area contributed by atoms with Gasteiger partial charge >= 0.3 is 0 Å². The second kappa shape index (κ2) is 6.66. The maximum absolute atomic E-state index is 6.29. The summed E-state index contributed by atoms with van der Waals surface area (Å²) in [6.07, 6.45) is 2.41. The van der Waals surface area contributed by atoms with Crippen molar-refractivity contribution in [2.75, 3.05) is 5.73 Å². The summed E-state index contributed by atoms with van der Waals surface area (Å²) < 4.78 is 7.83. The molecule has 0 aliphatic heterocycles. The molecular weight excluding hydrogens is 262 g/mol. The number of nitrogens with zero attached hydrogens (tertiary/aromatic N) is 2. The van der Waals surface area contributed by atoms with Crippen LogP contribution in [0.2, 0.25) is 0 Å². The number of benzene rings is 1. The van der Waals surface area contributed by atoms with E-state index in [0.29, 0.717) is 0 Å². The summed E-state index contributed by atoms with van der Waals surface area (Å²) in [6.45, 7) is 9.14. The Morgan fingerprint density at radius 2 is 2.10 bits per heavy atom. The molecule has 0 spiro atoms. The second-order valence-electron chi connectivity index (χ2n) is 5.59. The molecule has 0 fully saturated rings. The van der Waals surface area contributed by atoms with Crippen LogP contribution in [-0.2, 0) is 6.54 Å². The monoisotopic (exact) mass is 287 g/mol. The molecule has 0 radical (unpaired) electrons. The van der Waals surface area contributed by atoms with E-state index in [9.17, 15) is 0 Å². The van der Waals surface area contributed by atoms with Crippen LogP contribution in [0.15, 0.2) is 24.3 Å². The number of aromatic nitrogens is 2. The van der Waals surface area contributed by atoms with Crippen LogP contribution >= 0.6 is 0 Å². The van der Waals surface area contributed by atoms with Crippen molar-refractivity contribution in [2.24, 2.45) is 0 Å². The molecule has 2 aromatic rings. The molecule has 0 unspecified atom stereocenters. The van der Waals surface area contributed by atoms with E-state index in [1.54, 1.807) is 0 Å². The maximum atomic E-state index is 6.29. The van der Waals surface area contributed by atoms with Gasteiger partial charge in [0.2, 0.25) is 0 Å². The highest BCUT2D eigenvalue weighted by atomic mass is 16.5. The summed E-state index contributed by atoms with van der Waals surface area (Å²) in [4.78, 5) is 4.64. The van der Waals surface area contributed by atoms with Gasteiger partial charge in [0.1, 0.15) is 23.1 Å². The van der Waals surface area contributed by atoms with E-state index in [-0.39, 0.29) is 6.10 Å². The molecule has 1 aromatic heterocycles. The minimum absolute atomic E-state index is 0.154. The first-order chi connectivity index (χ1) is 10.0. The summed E-state index contributed by atoms with van der Waals surface area (Å²) >= 11 is 0. The van der Waals surface area contributed by atoms with E-state index < -0.39 is 0 Å². The van der Waals surface area contributed by atoms with Gasteiger partial charge in [0.15, 0.2) is 0 Å². The molecule has 2 rings (SSSR count). The fraction of sp³-hybridized carbons (Fsp3) is 0.471. The Hall–Kier alpha value is -1.97. The van der Waals surface area contributed by atoms with Gasteiger partial charge in [-0.3, -0.25) is 0 Å². The number of nitrogens with two attached hydrogens (primary N) is 1. The normalized spacial score (nSPS) is 11.1. The Labute approximate surface area is 127 Å². The highest BCUT2D eigenvalue weighted by Crippen LogP contribution is 2.29. The average Bonchev–Trinajstić information content (AvgIpc) is 2.71. The molecule has 1 heterocycles. The van der Waals surface area contributed by atoms with Gasteiger partial charge in [0.25, 0.3) is 0 Å². The zero-order chi connectivity index (χ0) is 15.4. The van der Waals surface area contributed by atoms with E-state index in [4.69, 9.17) is 10.5 Å². The second-order valence-corrected chi connectivity index (χ2v) is 5.59. The molecule has 0 saturated carbocycles. The molecule has 114 valence electrons. The summed E-state index contributed by atoms with van der Waals surface area (Å²) in [5, 5.41) is 0. The first-order valence-corrected chi connectivity index (χ1v) is 7.62. The first-order valence-electron chi connectivity index (χ1n) is 7.62. The van der Waals surface area contributed by atoms with E-state index in [0.717, 1.165) is 48.0 Å². The van der Waals surface area contributed by atoms with E-state index in [2.05, 4.69) is 16.5 Å². The van der Waals surface area contributed by atoms with Crippen molar-refractivity contribution in [3.63, 3.8) is 0 Å². The van der Waals surface area contributed by atoms with Gasteiger partial charge < -0.3 is 15.0 Å². The van der Waals surface area contributed by atoms with E-state index >= 15 is 0 Å². The predicted octanol–water partition coefficient (Wildman–Crippen LogP) is 4.03. The summed E-state index contributed by atoms with van der Waals surface area (Å²) in [6, 6.07) is 7.96. The number of aryl methyl sites for hydroxylation is 1. The zero-order valence-electron chi connectivity index (χ0n) is 13.4. The van der Waals surface area contributed by atoms with Crippen LogP contribution in [0.4, 0.5) is 5.82 Å². The molecule has 21 heavy (non-hydrogen) atoms. The number of hydrogen-bond acceptors (Lipinski definition) is 3. The Morgan fingerprint density at radius 1 is 1.33 bits per heavy atom. The highest BCUT2D eigenvalue weighted by molar-refractivity contribution is 5.72. The van der Waals surface area contributed by atoms with Crippen LogP contribution < -0.4 is 10.5 Å². The highest BCUT2D eigenvalue weighted by Gasteiger charge is 2.14. The van der Waals surface area contributed by atoms with Gasteiger partial charge in [-0.25, -0.2) is 4.98 Å². The van der Waals surface area contributed by atoms with Gasteiger partial charge in [0.05, 0.1) is 6.10 Å². The molecule has 0 atom stereocenters. The zero-order valence-corrected chi connectivity index (χ0v) is 13.4. The average molecular weight is 287 g/mol. The van der Waals surface area contributed by atoms with Gasteiger partial charge in [-0.15, -0.1) is 0 Å². The van der Waals surface area contributed by atoms with Crippen molar-refractivity contribution in [3.05, 3.63) is 30.1 Å². The lowest BCUT2D eigenvalue weighted by molar-refractivity contribution is 0.242. The topological polar surface area (TPSA) is 53.1 Å². The smallest absolute Gasteiger partial charge is 0.131 e. The molecular formula is C17H25N3O. The minimum Gasteiger partial charge on any atom is -0.491 e. The van der Waals surface area contributed by atoms with Crippen LogP contribution in [-0.4, -0.2) is 15.7 Å². The van der Waals surface area contributed by atoms with Gasteiger partial charge in [-0.2, -0.15) is 0 Å². The maximum Gasteiger partial charge on any atom is 0.131 e. The summed E-state index contributed by atoms with van der Waals surface area (Å²) in [7, 11) is 0. The quantitative estimate of drug-likeness (QED) is 0.872. The SMILES string of the molecule is CCCCn1c(C)nc(-c2cccc(OC(C)C)c2)c1N. The van der Waals surface area contributed by atoms with E-state index in [1.165, 1.54) is 0 Å². The Balaban J connectivity index is 2.33. The summed E-state index contributed by atoms with van der Waals surface area (Å²) in [5.41, 5.74) is 8.14. The molecule has 0 aliphatic carbocycles. The number of nitrogen functional groups attached to an aromatic ring is 1. The van der Waals surface area contributed by atoms with Crippen LogP contribution in [0.5, 0.6) is 5.75 Å². The van der Waals surface area contributed by atoms with Crippen molar-refractivity contribution in [1.82, 2.24) is 9.55 Å². The molecule has 4 heteroatoms. The van der Waals surface area contributed by atoms with Crippen LogP contribution in [0.1, 0.15) is 39.4 Å². The number of rotatable bonds is 6. The standard InChI is InChI=1S/C17H25N3O/c1-5-6-10-20-13(4)19-16(17(20)18)14-8-7-9-15(11-14)21-12(2)3/h7-9,11-12H,5-6,10,18H2,1-4H3. The molecule has 0 bridgehead atoms. The number of ether oxygens (including phenoxy) is 1. The van der Waals surface area contributed by atoms with Crippen molar-refractivity contribution in [1.29, 1.82) is 0 Å². The lowest BCUT2D eigenvalue weighted by Gasteiger charge is -2.10. The lowest BCUT2D eigenvalue weighted by atomic mass is 10.1. The third-order valence-corrected chi connectivity index (χ3v) is 3.41. The van der Waals surface area contributed by atoms with Crippen molar-refractivity contribution in [3.8, 4) is 17.0 Å². The minimum atomic E-state index is 0.154. The largest absolute Gasteiger partial charge is 0.491 e. The lowest BCUT2D eigenvalue weighted by Crippen LogP contribution is -2.06. The third-order valence-electron chi connectivity index (χ3n) is 3.41. The van der Waals surface area contributed by atoms with Gasteiger partial charge in [-0.05, 0) is 39.3 Å². The molecule has 4 nitrogen and oxygen atoms in total. The Kier molecular flexibility index (Phi) is 4.89. The number of unbranched alkanes of at least 4 members (excludes halogenated alkanes) is 1. The molecule has 0 saturated heterocycles. The molecule has 1 aromatic carbocycles. The van der Waals surface area contributed by atoms with Crippen LogP contribution in [0.3, 0.4) is 0 Å². The summed E-state index contributed by atoms with van der Waals surface area (Å²) in [5.74, 6) is 2.55. The van der Waals surface area contributed by atoms with Crippen LogP contribution in [0, 0.1) is 6.92 Å². The number of imidazole rings is 1. The van der Waals surface area contributed by atoms with Crippen molar-refractivity contribution < 1.29 is 4.74 Å². The molecule has 0 amide bonds. The molecule has 2 N–H and O–H groups in total. The predicted molar refractivity (Wildman–Crippen MR) is 87.5 cm³/mol. The van der Waals surface area contributed by atoms with E-state index in [1.807, 2.05) is 45.0 Å². The first kappa shape index (κ1) is 15.4. The molecule has 0 aliphatic rings.